The molecule has 1 aliphatic rings. The molecule has 148 valence electrons. The van der Waals surface area contributed by atoms with Gasteiger partial charge in [0.2, 0.25) is 5.91 Å². The van der Waals surface area contributed by atoms with E-state index >= 15 is 0 Å². The number of carbonyl (C=O) groups excluding carboxylic acids is 1. The number of aryl methyl sites for hydroxylation is 1. The number of benzene rings is 1. The van der Waals surface area contributed by atoms with Crippen molar-refractivity contribution in [3.63, 3.8) is 0 Å². The predicted octanol–water partition coefficient (Wildman–Crippen LogP) is 3.67. The maximum atomic E-state index is 11.9. The number of rotatable bonds is 7. The molecule has 6 nitrogen and oxygen atoms in total. The molecule has 0 radical (unpaired) electrons. The fourth-order valence-electron chi connectivity index (χ4n) is 3.11. The number of nitrogens with one attached hydrogen (secondary N) is 2. The number of hydrogen-bond acceptors (Lipinski definition) is 5. The van der Waals surface area contributed by atoms with Crippen LogP contribution in [-0.2, 0) is 4.79 Å². The summed E-state index contributed by atoms with van der Waals surface area (Å²) in [6.45, 7) is 5.10. The van der Waals surface area contributed by atoms with Crippen molar-refractivity contribution in [3.8, 4) is 0 Å². The van der Waals surface area contributed by atoms with Crippen molar-refractivity contribution in [1.82, 2.24) is 15.3 Å². The van der Waals surface area contributed by atoms with Gasteiger partial charge in [0.1, 0.15) is 17.5 Å². The number of hydrogen-bond donors (Lipinski definition) is 2. The van der Waals surface area contributed by atoms with Gasteiger partial charge in [0, 0.05) is 43.3 Å². The van der Waals surface area contributed by atoms with Crippen molar-refractivity contribution in [3.05, 3.63) is 52.8 Å². The first-order chi connectivity index (χ1) is 13.6. The summed E-state index contributed by atoms with van der Waals surface area (Å²) in [5, 5.41) is 6.81. The Morgan fingerprint density at radius 3 is 2.64 bits per heavy atom. The average Bonchev–Trinajstić information content (AvgIpc) is 2.71. The van der Waals surface area contributed by atoms with Crippen LogP contribution in [-0.4, -0.2) is 42.1 Å². The van der Waals surface area contributed by atoms with E-state index in [0.717, 1.165) is 36.1 Å². The van der Waals surface area contributed by atoms with Crippen LogP contribution in [0.2, 0.25) is 5.02 Å². The molecule has 1 saturated heterocycles. The number of aromatic nitrogens is 2. The van der Waals surface area contributed by atoms with Crippen molar-refractivity contribution in [2.24, 2.45) is 0 Å². The van der Waals surface area contributed by atoms with Gasteiger partial charge in [0.15, 0.2) is 0 Å². The normalized spacial score (nSPS) is 14.3. The van der Waals surface area contributed by atoms with Gasteiger partial charge in [-0.15, -0.1) is 0 Å². The van der Waals surface area contributed by atoms with Crippen LogP contribution in [0.4, 0.5) is 11.6 Å². The Balaban J connectivity index is 1.45. The van der Waals surface area contributed by atoms with E-state index in [1.54, 1.807) is 18.2 Å². The molecule has 0 aliphatic carbocycles. The first kappa shape index (κ1) is 20.1. The SMILES string of the molecule is Cc1nc(NCCNC(=O)/C=C/c2ccc(Cl)cc2)cc(N2CCCCC2)n1. The molecule has 0 unspecified atom stereocenters. The number of piperidine rings is 1. The smallest absolute Gasteiger partial charge is 0.244 e. The molecule has 2 heterocycles. The van der Waals surface area contributed by atoms with Crippen molar-refractivity contribution >= 4 is 35.2 Å². The molecule has 0 saturated carbocycles. The molecule has 0 atom stereocenters. The molecule has 3 rings (SSSR count). The highest BCUT2D eigenvalue weighted by atomic mass is 35.5. The Kier molecular flexibility index (Phi) is 7.25. The van der Waals surface area contributed by atoms with Crippen LogP contribution in [0.1, 0.15) is 30.7 Å². The molecule has 2 aromatic rings. The van der Waals surface area contributed by atoms with E-state index in [4.69, 9.17) is 11.6 Å². The number of nitrogens with zero attached hydrogens (tertiary/aromatic N) is 3. The molecule has 1 fully saturated rings. The van der Waals surface area contributed by atoms with Crippen LogP contribution in [0.3, 0.4) is 0 Å². The summed E-state index contributed by atoms with van der Waals surface area (Å²) in [6, 6.07) is 9.31. The van der Waals surface area contributed by atoms with Crippen LogP contribution in [0.15, 0.2) is 36.4 Å². The van der Waals surface area contributed by atoms with Crippen LogP contribution in [0.5, 0.6) is 0 Å². The van der Waals surface area contributed by atoms with E-state index in [1.165, 1.54) is 25.3 Å². The minimum absolute atomic E-state index is 0.135. The van der Waals surface area contributed by atoms with Gasteiger partial charge in [-0.05, 0) is 50.0 Å². The largest absolute Gasteiger partial charge is 0.368 e. The van der Waals surface area contributed by atoms with E-state index < -0.39 is 0 Å². The molecule has 1 aliphatic heterocycles. The summed E-state index contributed by atoms with van der Waals surface area (Å²) in [5.74, 6) is 2.38. The Hall–Kier alpha value is -2.60. The lowest BCUT2D eigenvalue weighted by molar-refractivity contribution is -0.116. The molecule has 0 spiro atoms. The summed E-state index contributed by atoms with van der Waals surface area (Å²) < 4.78 is 0. The lowest BCUT2D eigenvalue weighted by Crippen LogP contribution is -2.30. The first-order valence-electron chi connectivity index (χ1n) is 9.66. The summed E-state index contributed by atoms with van der Waals surface area (Å²) in [6.07, 6.45) is 6.99. The monoisotopic (exact) mass is 399 g/mol. The summed E-state index contributed by atoms with van der Waals surface area (Å²) in [4.78, 5) is 23.2. The average molecular weight is 400 g/mol. The predicted molar refractivity (Wildman–Crippen MR) is 115 cm³/mol. The zero-order valence-corrected chi connectivity index (χ0v) is 16.9. The number of carbonyl (C=O) groups is 1. The standard InChI is InChI=1S/C21H26ClN5O/c1-16-25-19(15-20(26-16)27-13-3-2-4-14-27)23-11-12-24-21(28)10-7-17-5-8-18(22)9-6-17/h5-10,15H,2-4,11-14H2,1H3,(H,24,28)(H,23,25,26)/b10-7+. The molecule has 1 aromatic carbocycles. The third-order valence-electron chi connectivity index (χ3n) is 4.53. The zero-order valence-electron chi connectivity index (χ0n) is 16.1. The molecule has 2 N–H and O–H groups in total. The van der Waals surface area contributed by atoms with Gasteiger partial charge in [0.05, 0.1) is 0 Å². The minimum Gasteiger partial charge on any atom is -0.368 e. The zero-order chi connectivity index (χ0) is 19.8. The van der Waals surface area contributed by atoms with Gasteiger partial charge >= 0.3 is 0 Å². The number of amides is 1. The van der Waals surface area contributed by atoms with E-state index in [2.05, 4.69) is 25.5 Å². The van der Waals surface area contributed by atoms with Gasteiger partial charge in [0.25, 0.3) is 0 Å². The maximum absolute atomic E-state index is 11.9. The van der Waals surface area contributed by atoms with Crippen molar-refractivity contribution in [2.45, 2.75) is 26.2 Å². The van der Waals surface area contributed by atoms with E-state index in [0.29, 0.717) is 18.1 Å². The van der Waals surface area contributed by atoms with Crippen LogP contribution >= 0.6 is 11.6 Å². The van der Waals surface area contributed by atoms with Crippen molar-refractivity contribution in [2.75, 3.05) is 36.4 Å². The third kappa shape index (κ3) is 6.23. The van der Waals surface area contributed by atoms with Gasteiger partial charge in [-0.25, -0.2) is 9.97 Å². The molecule has 28 heavy (non-hydrogen) atoms. The van der Waals surface area contributed by atoms with Gasteiger partial charge in [-0.2, -0.15) is 0 Å². The van der Waals surface area contributed by atoms with Gasteiger partial charge in [-0.1, -0.05) is 23.7 Å². The van der Waals surface area contributed by atoms with E-state index in [1.807, 2.05) is 25.1 Å². The Bertz CT molecular complexity index is 816. The highest BCUT2D eigenvalue weighted by Gasteiger charge is 2.13. The Morgan fingerprint density at radius 1 is 1.14 bits per heavy atom. The summed E-state index contributed by atoms with van der Waals surface area (Å²) in [7, 11) is 0. The van der Waals surface area contributed by atoms with Crippen LogP contribution in [0, 0.1) is 6.92 Å². The van der Waals surface area contributed by atoms with Crippen molar-refractivity contribution in [1.29, 1.82) is 0 Å². The summed E-state index contributed by atoms with van der Waals surface area (Å²) >= 11 is 5.85. The maximum Gasteiger partial charge on any atom is 0.244 e. The van der Waals surface area contributed by atoms with E-state index in [-0.39, 0.29) is 5.91 Å². The highest BCUT2D eigenvalue weighted by molar-refractivity contribution is 6.30. The Labute approximate surface area is 171 Å². The summed E-state index contributed by atoms with van der Waals surface area (Å²) in [5.41, 5.74) is 0.930. The molecule has 0 bridgehead atoms. The highest BCUT2D eigenvalue weighted by Crippen LogP contribution is 2.20. The van der Waals surface area contributed by atoms with Crippen LogP contribution in [0.25, 0.3) is 6.08 Å². The quantitative estimate of drug-likeness (QED) is 0.549. The van der Waals surface area contributed by atoms with Gasteiger partial charge < -0.3 is 15.5 Å². The minimum atomic E-state index is -0.135. The lowest BCUT2D eigenvalue weighted by atomic mass is 10.1. The second-order valence-electron chi connectivity index (χ2n) is 6.81. The Morgan fingerprint density at radius 2 is 1.89 bits per heavy atom. The number of halogens is 1. The molecule has 7 heteroatoms. The fraction of sp³-hybridized carbons (Fsp3) is 0.381. The number of anilines is 2. The molecule has 1 aromatic heterocycles. The lowest BCUT2D eigenvalue weighted by Gasteiger charge is -2.28. The van der Waals surface area contributed by atoms with Crippen LogP contribution < -0.4 is 15.5 Å². The van der Waals surface area contributed by atoms with E-state index in [9.17, 15) is 4.79 Å². The molecular formula is C21H26ClN5O. The molecule has 1 amide bonds. The first-order valence-corrected chi connectivity index (χ1v) is 10.0. The third-order valence-corrected chi connectivity index (χ3v) is 4.78. The second kappa shape index (κ2) is 10.1. The van der Waals surface area contributed by atoms with Crippen molar-refractivity contribution < 1.29 is 4.79 Å². The second-order valence-corrected chi connectivity index (χ2v) is 7.25. The molecular weight excluding hydrogens is 374 g/mol. The van der Waals surface area contributed by atoms with Gasteiger partial charge in [-0.3, -0.25) is 4.79 Å². The topological polar surface area (TPSA) is 70.2 Å². The fourth-order valence-corrected chi connectivity index (χ4v) is 3.23.